The predicted molar refractivity (Wildman–Crippen MR) is 163 cm³/mol. The van der Waals surface area contributed by atoms with Crippen molar-refractivity contribution in [2.75, 3.05) is 5.73 Å². The minimum atomic E-state index is -0.547. The van der Waals surface area contributed by atoms with Gasteiger partial charge in [-0.1, -0.05) is 25.5 Å². The van der Waals surface area contributed by atoms with E-state index in [2.05, 4.69) is 42.2 Å². The van der Waals surface area contributed by atoms with Crippen LogP contribution in [0.25, 0.3) is 16.4 Å². The molecular weight excluding hydrogens is 550 g/mol. The van der Waals surface area contributed by atoms with Gasteiger partial charge >= 0.3 is 0 Å². The number of hydrogen-bond donors (Lipinski definition) is 3. The van der Waals surface area contributed by atoms with Crippen LogP contribution in [0.1, 0.15) is 57.6 Å². The van der Waals surface area contributed by atoms with Gasteiger partial charge in [0.1, 0.15) is 5.56 Å². The van der Waals surface area contributed by atoms with Gasteiger partial charge in [-0.25, -0.2) is 19.5 Å². The second-order valence-electron chi connectivity index (χ2n) is 9.46. The van der Waals surface area contributed by atoms with Crippen molar-refractivity contribution in [2.45, 2.75) is 40.3 Å². The number of aromatic amines is 1. The second kappa shape index (κ2) is 11.7. The van der Waals surface area contributed by atoms with Gasteiger partial charge in [-0.15, -0.1) is 16.4 Å². The van der Waals surface area contributed by atoms with Crippen LogP contribution in [-0.4, -0.2) is 40.0 Å². The minimum absolute atomic E-state index is 0. The van der Waals surface area contributed by atoms with E-state index in [1.165, 1.54) is 15.9 Å². The van der Waals surface area contributed by atoms with Crippen LogP contribution < -0.4 is 16.6 Å². The Bertz CT molecular complexity index is 2030. The molecule has 0 bridgehead atoms. The summed E-state index contributed by atoms with van der Waals surface area (Å²) in [7, 11) is 0. The summed E-state index contributed by atoms with van der Waals surface area (Å²) in [4.78, 5) is 44.0. The average Bonchev–Trinajstić information content (AvgIpc) is 3.70. The zero-order chi connectivity index (χ0) is 28.5. The van der Waals surface area contributed by atoms with E-state index in [0.29, 0.717) is 35.3 Å². The molecule has 12 heteroatoms. The van der Waals surface area contributed by atoms with Crippen LogP contribution in [0.15, 0.2) is 66.2 Å². The Morgan fingerprint density at radius 2 is 2.07 bits per heavy atom. The SMILES string of the molecule is C.Cc1ncc(C#Cc2cccc3cc([C@H](C)NC(=O)c4c(N)nn5cccnc45)n(CCc4cnc[nH]4)c(=O)c23)s1. The highest BCUT2D eigenvalue weighted by molar-refractivity contribution is 7.12. The molecule has 5 heterocycles. The lowest BCUT2D eigenvalue weighted by Gasteiger charge is -2.21. The number of nitrogens with two attached hydrogens (primary N) is 1. The molecule has 0 aliphatic rings. The van der Waals surface area contributed by atoms with Crippen LogP contribution in [-0.2, 0) is 13.0 Å². The fraction of sp³-hybridized carbons (Fsp3) is 0.200. The third kappa shape index (κ3) is 5.37. The number of anilines is 1. The Morgan fingerprint density at radius 1 is 1.21 bits per heavy atom. The minimum Gasteiger partial charge on any atom is -0.381 e. The molecule has 1 amide bonds. The van der Waals surface area contributed by atoms with Crippen LogP contribution in [0.4, 0.5) is 5.82 Å². The largest absolute Gasteiger partial charge is 0.381 e. The van der Waals surface area contributed by atoms with Crippen LogP contribution in [0, 0.1) is 18.8 Å². The fourth-order valence-corrected chi connectivity index (χ4v) is 5.41. The molecule has 1 aromatic carbocycles. The van der Waals surface area contributed by atoms with Crippen LogP contribution in [0.3, 0.4) is 0 Å². The number of aromatic nitrogens is 7. The van der Waals surface area contributed by atoms with Gasteiger partial charge in [0, 0.05) is 48.5 Å². The summed E-state index contributed by atoms with van der Waals surface area (Å²) < 4.78 is 3.15. The third-order valence-corrected chi connectivity index (χ3v) is 7.54. The van der Waals surface area contributed by atoms with Crippen molar-refractivity contribution < 1.29 is 4.79 Å². The van der Waals surface area contributed by atoms with Gasteiger partial charge < -0.3 is 20.6 Å². The van der Waals surface area contributed by atoms with Crippen LogP contribution in [0.2, 0.25) is 0 Å². The van der Waals surface area contributed by atoms with Gasteiger partial charge in [0.25, 0.3) is 11.5 Å². The summed E-state index contributed by atoms with van der Waals surface area (Å²) in [6.07, 6.45) is 8.85. The van der Waals surface area contributed by atoms with Crippen molar-refractivity contribution in [3.05, 3.63) is 104 Å². The number of nitrogens with zero attached hydrogens (tertiary/aromatic N) is 6. The van der Waals surface area contributed by atoms with Crippen molar-refractivity contribution in [2.24, 2.45) is 0 Å². The number of aryl methyl sites for hydroxylation is 2. The lowest BCUT2D eigenvalue weighted by Crippen LogP contribution is -2.33. The molecular formula is C30H29N9O2S. The first kappa shape index (κ1) is 28.3. The number of fused-ring (bicyclic) bond motifs is 2. The Hall–Kier alpha value is -5.28. The number of H-pyrrole nitrogens is 1. The number of thiazole rings is 1. The molecule has 6 aromatic rings. The quantitative estimate of drug-likeness (QED) is 0.254. The standard InChI is InChI=1S/C29H25N9O2S.CH4/c1-17(35-28(39)25-26(30)36-38-11-4-10-32-27(25)38)23-13-20-6-3-5-19(7-8-22-15-33-18(2)41-22)24(20)29(40)37(23)12-9-21-14-31-16-34-21;/h3-6,10-11,13-17H,9,12H2,1-2H3,(H2,30,36)(H,31,34)(H,35,39);1H4/t17-;/m0./s1. The summed E-state index contributed by atoms with van der Waals surface area (Å²) in [5.74, 6) is 5.94. The lowest BCUT2D eigenvalue weighted by atomic mass is 10.0. The first-order valence-corrected chi connectivity index (χ1v) is 13.7. The molecule has 0 radical (unpaired) electrons. The lowest BCUT2D eigenvalue weighted by molar-refractivity contribution is 0.0940. The normalized spacial score (nSPS) is 11.6. The van der Waals surface area contributed by atoms with E-state index in [1.54, 1.807) is 41.7 Å². The van der Waals surface area contributed by atoms with Gasteiger partial charge in [-0.3, -0.25) is 9.59 Å². The van der Waals surface area contributed by atoms with E-state index in [1.807, 2.05) is 38.1 Å². The molecule has 1 atom stereocenters. The summed E-state index contributed by atoms with van der Waals surface area (Å²) in [5.41, 5.74) is 8.57. The van der Waals surface area contributed by atoms with Gasteiger partial charge in [0.15, 0.2) is 11.5 Å². The number of nitrogen functional groups attached to an aromatic ring is 1. The number of carbonyl (C=O) groups is 1. The van der Waals surface area contributed by atoms with Crippen molar-refractivity contribution in [1.82, 2.24) is 39.4 Å². The molecule has 0 aliphatic heterocycles. The maximum absolute atomic E-state index is 14.1. The fourth-order valence-electron chi connectivity index (χ4n) is 4.78. The van der Waals surface area contributed by atoms with Crippen molar-refractivity contribution >= 4 is 39.5 Å². The first-order chi connectivity index (χ1) is 19.9. The molecule has 212 valence electrons. The smallest absolute Gasteiger partial charge is 0.259 e. The molecule has 6 rings (SSSR count). The molecule has 0 fully saturated rings. The van der Waals surface area contributed by atoms with E-state index in [0.717, 1.165) is 21.0 Å². The molecule has 0 saturated heterocycles. The van der Waals surface area contributed by atoms with Crippen molar-refractivity contribution in [3.63, 3.8) is 0 Å². The van der Waals surface area contributed by atoms with E-state index in [-0.39, 0.29) is 24.4 Å². The highest BCUT2D eigenvalue weighted by Gasteiger charge is 2.23. The van der Waals surface area contributed by atoms with Crippen LogP contribution in [0.5, 0.6) is 0 Å². The first-order valence-electron chi connectivity index (χ1n) is 12.9. The Balaban J connectivity index is 0.00000353. The maximum Gasteiger partial charge on any atom is 0.259 e. The Labute approximate surface area is 245 Å². The zero-order valence-corrected chi connectivity index (χ0v) is 23.1. The summed E-state index contributed by atoms with van der Waals surface area (Å²) in [5, 5.41) is 9.35. The van der Waals surface area contributed by atoms with E-state index in [9.17, 15) is 9.59 Å². The number of rotatable bonds is 6. The average molecular weight is 580 g/mol. The number of amides is 1. The molecule has 42 heavy (non-hydrogen) atoms. The topological polar surface area (TPSA) is 149 Å². The third-order valence-electron chi connectivity index (χ3n) is 6.71. The summed E-state index contributed by atoms with van der Waals surface area (Å²) in [6.45, 7) is 4.12. The Morgan fingerprint density at radius 3 is 2.83 bits per heavy atom. The van der Waals surface area contributed by atoms with Gasteiger partial charge in [0.2, 0.25) is 0 Å². The number of nitrogens with one attached hydrogen (secondary N) is 2. The van der Waals surface area contributed by atoms with E-state index in [4.69, 9.17) is 5.73 Å². The number of carbonyl (C=O) groups excluding carboxylic acids is 1. The molecule has 4 N–H and O–H groups in total. The summed E-state index contributed by atoms with van der Waals surface area (Å²) in [6, 6.07) is 8.67. The van der Waals surface area contributed by atoms with E-state index >= 15 is 0 Å². The number of imidazole rings is 1. The molecule has 0 aliphatic carbocycles. The van der Waals surface area contributed by atoms with Gasteiger partial charge in [-0.05, 0) is 43.4 Å². The highest BCUT2D eigenvalue weighted by atomic mass is 32.1. The highest BCUT2D eigenvalue weighted by Crippen LogP contribution is 2.23. The monoisotopic (exact) mass is 579 g/mol. The van der Waals surface area contributed by atoms with Crippen molar-refractivity contribution in [1.29, 1.82) is 0 Å². The van der Waals surface area contributed by atoms with Crippen molar-refractivity contribution in [3.8, 4) is 11.8 Å². The molecule has 5 aromatic heterocycles. The number of benzene rings is 1. The molecule has 0 saturated carbocycles. The Kier molecular flexibility index (Phi) is 7.86. The van der Waals surface area contributed by atoms with Gasteiger partial charge in [0.05, 0.1) is 33.8 Å². The van der Waals surface area contributed by atoms with Crippen LogP contribution >= 0.6 is 11.3 Å². The molecule has 11 nitrogen and oxygen atoms in total. The predicted octanol–water partition coefficient (Wildman–Crippen LogP) is 3.88. The molecule has 0 unspecified atom stereocenters. The zero-order valence-electron chi connectivity index (χ0n) is 22.3. The summed E-state index contributed by atoms with van der Waals surface area (Å²) >= 11 is 1.50. The molecule has 0 spiro atoms. The number of hydrogen-bond acceptors (Lipinski definition) is 8. The second-order valence-corrected chi connectivity index (χ2v) is 10.7. The van der Waals surface area contributed by atoms with E-state index < -0.39 is 11.9 Å². The maximum atomic E-state index is 14.1. The number of pyridine rings is 1. The van der Waals surface area contributed by atoms with Gasteiger partial charge in [-0.2, -0.15) is 0 Å².